The predicted molar refractivity (Wildman–Crippen MR) is 71.5 cm³/mol. The smallest absolute Gasteiger partial charge is 0.339 e. The van der Waals surface area contributed by atoms with Crippen molar-refractivity contribution in [3.8, 4) is 0 Å². The van der Waals surface area contributed by atoms with E-state index >= 15 is 0 Å². The quantitative estimate of drug-likeness (QED) is 0.651. The van der Waals surface area contributed by atoms with Crippen molar-refractivity contribution in [1.82, 2.24) is 10.2 Å². The lowest BCUT2D eigenvalue weighted by atomic mass is 10.2. The van der Waals surface area contributed by atoms with Crippen molar-refractivity contribution >= 4 is 5.97 Å². The van der Waals surface area contributed by atoms with Gasteiger partial charge in [-0.1, -0.05) is 0 Å². The zero-order valence-corrected chi connectivity index (χ0v) is 11.7. The summed E-state index contributed by atoms with van der Waals surface area (Å²) in [6, 6.07) is 1.55. The van der Waals surface area contributed by atoms with Gasteiger partial charge in [0.2, 0.25) is 0 Å². The Labute approximate surface area is 113 Å². The van der Waals surface area contributed by atoms with Gasteiger partial charge in [-0.15, -0.1) is 0 Å². The van der Waals surface area contributed by atoms with Crippen molar-refractivity contribution in [2.75, 3.05) is 40.4 Å². The van der Waals surface area contributed by atoms with E-state index in [1.165, 1.54) is 0 Å². The summed E-state index contributed by atoms with van der Waals surface area (Å²) in [6.45, 7) is 5.09. The molecular formula is C13H22N2O4. The second kappa shape index (κ2) is 7.93. The normalized spacial score (nSPS) is 11.2. The maximum Gasteiger partial charge on any atom is 0.339 e. The van der Waals surface area contributed by atoms with Gasteiger partial charge in [0.25, 0.3) is 0 Å². The topological polar surface area (TPSA) is 74.9 Å². The van der Waals surface area contributed by atoms with Gasteiger partial charge in [-0.25, -0.2) is 4.79 Å². The molecule has 0 bridgehead atoms. The Bertz CT molecular complexity index is 401. The van der Waals surface area contributed by atoms with Gasteiger partial charge in [0.15, 0.2) is 0 Å². The van der Waals surface area contributed by atoms with Gasteiger partial charge in [0, 0.05) is 13.1 Å². The van der Waals surface area contributed by atoms with Crippen molar-refractivity contribution in [3.63, 3.8) is 0 Å². The van der Waals surface area contributed by atoms with Gasteiger partial charge in [-0.3, -0.25) is 0 Å². The van der Waals surface area contributed by atoms with E-state index < -0.39 is 5.97 Å². The minimum absolute atomic E-state index is 0.221. The number of hydrogen-bond donors (Lipinski definition) is 2. The highest BCUT2D eigenvalue weighted by Gasteiger charge is 2.12. The number of likely N-dealkylation sites (N-methyl/N-ethyl adjacent to an activating group) is 1. The fraction of sp³-hybridized carbons (Fsp3) is 0.615. The molecule has 0 fully saturated rings. The van der Waals surface area contributed by atoms with Crippen LogP contribution in [0.2, 0.25) is 0 Å². The van der Waals surface area contributed by atoms with E-state index in [0.717, 1.165) is 6.54 Å². The zero-order valence-electron chi connectivity index (χ0n) is 11.7. The molecule has 0 saturated carbocycles. The Kier molecular flexibility index (Phi) is 6.55. The highest BCUT2D eigenvalue weighted by Crippen LogP contribution is 2.14. The predicted octanol–water partition coefficient (Wildman–Crippen LogP) is 0.954. The Morgan fingerprint density at radius 2 is 2.21 bits per heavy atom. The molecule has 6 heteroatoms. The fourth-order valence-corrected chi connectivity index (χ4v) is 1.55. The highest BCUT2D eigenvalue weighted by molar-refractivity contribution is 5.88. The average Bonchev–Trinajstić information content (AvgIpc) is 2.69. The van der Waals surface area contributed by atoms with E-state index in [1.54, 1.807) is 13.0 Å². The number of ether oxygens (including phenoxy) is 1. The Hall–Kier alpha value is -1.37. The molecule has 19 heavy (non-hydrogen) atoms. The van der Waals surface area contributed by atoms with Crippen LogP contribution in [0.15, 0.2) is 10.5 Å². The molecule has 0 unspecified atom stereocenters. The molecule has 1 aromatic rings. The molecule has 6 nitrogen and oxygen atoms in total. The maximum absolute atomic E-state index is 10.8. The molecule has 0 aromatic carbocycles. The number of rotatable bonds is 9. The molecule has 0 aliphatic rings. The minimum Gasteiger partial charge on any atom is -0.478 e. The summed E-state index contributed by atoms with van der Waals surface area (Å²) in [5, 5.41) is 12.0. The minimum atomic E-state index is -0.959. The first-order valence-corrected chi connectivity index (χ1v) is 6.26. The second-order valence-corrected chi connectivity index (χ2v) is 4.58. The number of furan rings is 1. The van der Waals surface area contributed by atoms with Crippen LogP contribution in [0.3, 0.4) is 0 Å². The van der Waals surface area contributed by atoms with E-state index in [1.807, 2.05) is 14.1 Å². The lowest BCUT2D eigenvalue weighted by Gasteiger charge is -2.09. The molecule has 1 heterocycles. The molecule has 0 atom stereocenters. The second-order valence-electron chi connectivity index (χ2n) is 4.58. The van der Waals surface area contributed by atoms with Crippen LogP contribution >= 0.6 is 0 Å². The third-order valence-electron chi connectivity index (χ3n) is 2.60. The number of hydrogen-bond acceptors (Lipinski definition) is 5. The molecule has 1 aromatic heterocycles. The van der Waals surface area contributed by atoms with Gasteiger partial charge < -0.3 is 24.5 Å². The van der Waals surface area contributed by atoms with Gasteiger partial charge in [0.05, 0.1) is 19.8 Å². The maximum atomic E-state index is 10.8. The van der Waals surface area contributed by atoms with Crippen LogP contribution in [0.25, 0.3) is 0 Å². The molecule has 108 valence electrons. The van der Waals surface area contributed by atoms with Crippen LogP contribution in [0.1, 0.15) is 21.9 Å². The first-order chi connectivity index (χ1) is 9.00. The summed E-state index contributed by atoms with van der Waals surface area (Å²) >= 11 is 0. The molecule has 0 aliphatic heterocycles. The third-order valence-corrected chi connectivity index (χ3v) is 2.60. The molecule has 2 N–H and O–H groups in total. The van der Waals surface area contributed by atoms with E-state index in [0.29, 0.717) is 37.8 Å². The van der Waals surface area contributed by atoms with Crippen molar-refractivity contribution in [3.05, 3.63) is 23.2 Å². The standard InChI is InChI=1S/C13H22N2O4/c1-10-12(13(16)17)8-11(19-10)9-14-4-6-18-7-5-15(2)3/h8,14H,4-7,9H2,1-3H3,(H,16,17). The lowest BCUT2D eigenvalue weighted by molar-refractivity contribution is 0.0695. The highest BCUT2D eigenvalue weighted by atomic mass is 16.5. The molecule has 0 spiro atoms. The molecule has 1 rings (SSSR count). The van der Waals surface area contributed by atoms with Gasteiger partial charge in [-0.2, -0.15) is 0 Å². The molecule has 0 aliphatic carbocycles. The van der Waals surface area contributed by atoms with Crippen molar-refractivity contribution in [2.24, 2.45) is 0 Å². The summed E-state index contributed by atoms with van der Waals surface area (Å²) in [5.41, 5.74) is 0.221. The summed E-state index contributed by atoms with van der Waals surface area (Å²) in [5.74, 6) is 0.106. The summed E-state index contributed by atoms with van der Waals surface area (Å²) < 4.78 is 10.8. The first kappa shape index (κ1) is 15.7. The lowest BCUT2D eigenvalue weighted by Crippen LogP contribution is -2.22. The summed E-state index contributed by atoms with van der Waals surface area (Å²) in [6.07, 6.45) is 0. The van der Waals surface area contributed by atoms with E-state index in [2.05, 4.69) is 10.2 Å². The largest absolute Gasteiger partial charge is 0.478 e. The molecule has 0 amide bonds. The van der Waals surface area contributed by atoms with Crippen LogP contribution in [-0.4, -0.2) is 56.4 Å². The van der Waals surface area contributed by atoms with Crippen LogP contribution in [-0.2, 0) is 11.3 Å². The zero-order chi connectivity index (χ0) is 14.3. The summed E-state index contributed by atoms with van der Waals surface area (Å²) in [4.78, 5) is 12.9. The number of aromatic carboxylic acids is 1. The number of carbonyl (C=O) groups is 1. The SMILES string of the molecule is Cc1oc(CNCCOCCN(C)C)cc1C(=O)O. The number of nitrogens with one attached hydrogen (secondary N) is 1. The van der Waals surface area contributed by atoms with Gasteiger partial charge in [-0.05, 0) is 27.1 Å². The van der Waals surface area contributed by atoms with Crippen LogP contribution in [0, 0.1) is 6.92 Å². The molecule has 0 saturated heterocycles. The van der Waals surface area contributed by atoms with Crippen molar-refractivity contribution < 1.29 is 19.1 Å². The third kappa shape index (κ3) is 5.87. The molecular weight excluding hydrogens is 248 g/mol. The number of carboxylic acid groups (broad SMARTS) is 1. The number of nitrogens with zero attached hydrogens (tertiary/aromatic N) is 1. The van der Waals surface area contributed by atoms with Crippen LogP contribution < -0.4 is 5.32 Å². The van der Waals surface area contributed by atoms with Gasteiger partial charge >= 0.3 is 5.97 Å². The van der Waals surface area contributed by atoms with Crippen molar-refractivity contribution in [2.45, 2.75) is 13.5 Å². The van der Waals surface area contributed by atoms with Gasteiger partial charge in [0.1, 0.15) is 17.1 Å². The average molecular weight is 270 g/mol. The Morgan fingerprint density at radius 3 is 2.79 bits per heavy atom. The van der Waals surface area contributed by atoms with Crippen LogP contribution in [0.5, 0.6) is 0 Å². The van der Waals surface area contributed by atoms with E-state index in [-0.39, 0.29) is 5.56 Å². The monoisotopic (exact) mass is 270 g/mol. The molecule has 0 radical (unpaired) electrons. The van der Waals surface area contributed by atoms with Crippen molar-refractivity contribution in [1.29, 1.82) is 0 Å². The number of aryl methyl sites for hydroxylation is 1. The number of carboxylic acids is 1. The Balaban J connectivity index is 2.16. The van der Waals surface area contributed by atoms with Crippen LogP contribution in [0.4, 0.5) is 0 Å². The Morgan fingerprint density at radius 1 is 1.47 bits per heavy atom. The summed E-state index contributed by atoms with van der Waals surface area (Å²) in [7, 11) is 4.00. The fourth-order valence-electron chi connectivity index (χ4n) is 1.55. The van der Waals surface area contributed by atoms with E-state index in [9.17, 15) is 4.79 Å². The van der Waals surface area contributed by atoms with E-state index in [4.69, 9.17) is 14.3 Å². The first-order valence-electron chi connectivity index (χ1n) is 6.26.